The molecule has 1 rings (SSSR count). The summed E-state index contributed by atoms with van der Waals surface area (Å²) < 4.78 is 5.97. The molecule has 0 aliphatic rings. The molecule has 0 amide bonds. The van der Waals surface area contributed by atoms with Crippen LogP contribution in [0.5, 0.6) is 5.75 Å². The molecule has 0 unspecified atom stereocenters. The second-order valence-corrected chi connectivity index (χ2v) is 4.75. The number of para-hydroxylation sites is 1. The third kappa shape index (κ3) is 5.09. The Kier molecular flexibility index (Phi) is 7.51. The lowest BCUT2D eigenvalue weighted by Gasteiger charge is -2.14. The van der Waals surface area contributed by atoms with Crippen LogP contribution in [0.25, 0.3) is 0 Å². The van der Waals surface area contributed by atoms with Gasteiger partial charge in [0.25, 0.3) is 0 Å². The summed E-state index contributed by atoms with van der Waals surface area (Å²) in [5.41, 5.74) is 2.51. The maximum absolute atomic E-state index is 5.97. The molecule has 0 saturated carbocycles. The molecular weight excluding hydrogens is 222 g/mol. The fourth-order valence-electron chi connectivity index (χ4n) is 2.02. The lowest BCUT2D eigenvalue weighted by molar-refractivity contribution is 0.299. The van der Waals surface area contributed by atoms with Crippen molar-refractivity contribution in [1.29, 1.82) is 0 Å². The highest BCUT2D eigenvalue weighted by molar-refractivity contribution is 5.40. The molecule has 0 saturated heterocycles. The summed E-state index contributed by atoms with van der Waals surface area (Å²) in [6, 6.07) is 6.37. The van der Waals surface area contributed by atoms with E-state index in [-0.39, 0.29) is 0 Å². The maximum Gasteiger partial charge on any atom is 0.126 e. The zero-order valence-electron chi connectivity index (χ0n) is 12.1. The summed E-state index contributed by atoms with van der Waals surface area (Å²) in [5.74, 6) is 1.08. The van der Waals surface area contributed by atoms with Crippen molar-refractivity contribution in [2.75, 3.05) is 13.2 Å². The molecule has 0 radical (unpaired) electrons. The average Bonchev–Trinajstić information content (AvgIpc) is 2.38. The van der Waals surface area contributed by atoms with Crippen molar-refractivity contribution in [2.45, 2.75) is 53.0 Å². The first kappa shape index (κ1) is 15.0. The van der Waals surface area contributed by atoms with Crippen LogP contribution < -0.4 is 10.1 Å². The summed E-state index contributed by atoms with van der Waals surface area (Å²) in [4.78, 5) is 0. The molecule has 0 aliphatic heterocycles. The smallest absolute Gasteiger partial charge is 0.126 e. The SMILES string of the molecule is CCCCCCOc1c(C)cccc1CNCC. The van der Waals surface area contributed by atoms with Crippen molar-refractivity contribution >= 4 is 0 Å². The number of rotatable bonds is 9. The maximum atomic E-state index is 5.97. The summed E-state index contributed by atoms with van der Waals surface area (Å²) >= 11 is 0. The van der Waals surface area contributed by atoms with Gasteiger partial charge in [0.05, 0.1) is 6.61 Å². The fourth-order valence-corrected chi connectivity index (χ4v) is 2.02. The molecular formula is C16H27NO. The zero-order chi connectivity index (χ0) is 13.2. The minimum Gasteiger partial charge on any atom is -0.493 e. The van der Waals surface area contributed by atoms with Crippen LogP contribution in [-0.4, -0.2) is 13.2 Å². The molecule has 102 valence electrons. The Morgan fingerprint density at radius 3 is 2.67 bits per heavy atom. The van der Waals surface area contributed by atoms with Gasteiger partial charge in [-0.25, -0.2) is 0 Å². The molecule has 2 nitrogen and oxygen atoms in total. The van der Waals surface area contributed by atoms with E-state index >= 15 is 0 Å². The second kappa shape index (κ2) is 8.98. The zero-order valence-corrected chi connectivity index (χ0v) is 12.1. The highest BCUT2D eigenvalue weighted by Crippen LogP contribution is 2.23. The van der Waals surface area contributed by atoms with Crippen molar-refractivity contribution < 1.29 is 4.74 Å². The van der Waals surface area contributed by atoms with Crippen molar-refractivity contribution in [2.24, 2.45) is 0 Å². The Balaban J connectivity index is 2.50. The van der Waals surface area contributed by atoms with Crippen LogP contribution in [0.2, 0.25) is 0 Å². The monoisotopic (exact) mass is 249 g/mol. The van der Waals surface area contributed by atoms with Crippen LogP contribution in [-0.2, 0) is 6.54 Å². The Bertz CT molecular complexity index is 336. The van der Waals surface area contributed by atoms with E-state index in [0.717, 1.165) is 31.9 Å². The van der Waals surface area contributed by atoms with Gasteiger partial charge in [0, 0.05) is 12.1 Å². The Morgan fingerprint density at radius 1 is 1.11 bits per heavy atom. The molecule has 0 fully saturated rings. The van der Waals surface area contributed by atoms with E-state index < -0.39 is 0 Å². The molecule has 0 spiro atoms. The molecule has 1 N–H and O–H groups in total. The van der Waals surface area contributed by atoms with E-state index in [2.05, 4.69) is 44.3 Å². The van der Waals surface area contributed by atoms with Gasteiger partial charge >= 0.3 is 0 Å². The third-order valence-electron chi connectivity index (χ3n) is 3.10. The number of nitrogens with one attached hydrogen (secondary N) is 1. The van der Waals surface area contributed by atoms with E-state index in [4.69, 9.17) is 4.74 Å². The standard InChI is InChI=1S/C16H27NO/c1-4-6-7-8-12-18-16-14(3)10-9-11-15(16)13-17-5-2/h9-11,17H,4-8,12-13H2,1-3H3. The molecule has 0 aromatic heterocycles. The number of ether oxygens (including phenoxy) is 1. The van der Waals surface area contributed by atoms with Crippen LogP contribution in [0.1, 0.15) is 50.7 Å². The first-order valence-corrected chi connectivity index (χ1v) is 7.21. The second-order valence-electron chi connectivity index (χ2n) is 4.75. The van der Waals surface area contributed by atoms with E-state index in [1.807, 2.05) is 0 Å². The summed E-state index contributed by atoms with van der Waals surface area (Å²) in [7, 11) is 0. The molecule has 0 heterocycles. The van der Waals surface area contributed by atoms with Crippen LogP contribution in [0.4, 0.5) is 0 Å². The quantitative estimate of drug-likeness (QED) is 0.666. The fraction of sp³-hybridized carbons (Fsp3) is 0.625. The molecule has 2 heteroatoms. The van der Waals surface area contributed by atoms with Crippen LogP contribution >= 0.6 is 0 Å². The lowest BCUT2D eigenvalue weighted by atomic mass is 10.1. The van der Waals surface area contributed by atoms with E-state index in [0.29, 0.717) is 0 Å². The molecule has 0 atom stereocenters. The number of aryl methyl sites for hydroxylation is 1. The first-order valence-electron chi connectivity index (χ1n) is 7.21. The van der Waals surface area contributed by atoms with E-state index in [1.165, 1.54) is 30.4 Å². The predicted octanol–water partition coefficient (Wildman–Crippen LogP) is 4.06. The molecule has 1 aromatic carbocycles. The van der Waals surface area contributed by atoms with Gasteiger partial charge in [0.15, 0.2) is 0 Å². The summed E-state index contributed by atoms with van der Waals surface area (Å²) in [6.45, 7) is 9.20. The highest BCUT2D eigenvalue weighted by atomic mass is 16.5. The Labute approximate surface area is 112 Å². The highest BCUT2D eigenvalue weighted by Gasteiger charge is 2.06. The number of hydrogen-bond donors (Lipinski definition) is 1. The van der Waals surface area contributed by atoms with Gasteiger partial charge in [0.1, 0.15) is 5.75 Å². The predicted molar refractivity (Wildman–Crippen MR) is 78.2 cm³/mol. The van der Waals surface area contributed by atoms with Crippen LogP contribution in [0, 0.1) is 6.92 Å². The van der Waals surface area contributed by atoms with Crippen LogP contribution in [0.15, 0.2) is 18.2 Å². The average molecular weight is 249 g/mol. The van der Waals surface area contributed by atoms with Gasteiger partial charge in [-0.3, -0.25) is 0 Å². The van der Waals surface area contributed by atoms with Crippen molar-refractivity contribution in [3.8, 4) is 5.75 Å². The van der Waals surface area contributed by atoms with Gasteiger partial charge in [-0.2, -0.15) is 0 Å². The minimum atomic E-state index is 0.837. The topological polar surface area (TPSA) is 21.3 Å². The van der Waals surface area contributed by atoms with Crippen molar-refractivity contribution in [3.05, 3.63) is 29.3 Å². The Hall–Kier alpha value is -1.02. The van der Waals surface area contributed by atoms with E-state index in [1.54, 1.807) is 0 Å². The molecule has 0 bridgehead atoms. The van der Waals surface area contributed by atoms with Crippen molar-refractivity contribution in [3.63, 3.8) is 0 Å². The largest absolute Gasteiger partial charge is 0.493 e. The number of unbranched alkanes of at least 4 members (excludes halogenated alkanes) is 3. The van der Waals surface area contributed by atoms with Gasteiger partial charge in [0.2, 0.25) is 0 Å². The third-order valence-corrected chi connectivity index (χ3v) is 3.10. The normalized spacial score (nSPS) is 10.6. The molecule has 18 heavy (non-hydrogen) atoms. The van der Waals surface area contributed by atoms with Gasteiger partial charge in [-0.1, -0.05) is 51.3 Å². The number of hydrogen-bond acceptors (Lipinski definition) is 2. The van der Waals surface area contributed by atoms with E-state index in [9.17, 15) is 0 Å². The summed E-state index contributed by atoms with van der Waals surface area (Å²) in [5, 5.41) is 3.36. The summed E-state index contributed by atoms with van der Waals surface area (Å²) in [6.07, 6.45) is 5.01. The Morgan fingerprint density at radius 2 is 1.94 bits per heavy atom. The first-order chi connectivity index (χ1) is 8.79. The molecule has 1 aromatic rings. The minimum absolute atomic E-state index is 0.837. The molecule has 0 aliphatic carbocycles. The van der Waals surface area contributed by atoms with Gasteiger partial charge < -0.3 is 10.1 Å². The lowest BCUT2D eigenvalue weighted by Crippen LogP contribution is -2.13. The van der Waals surface area contributed by atoms with Gasteiger partial charge in [-0.15, -0.1) is 0 Å². The number of benzene rings is 1. The van der Waals surface area contributed by atoms with Gasteiger partial charge in [-0.05, 0) is 25.5 Å². The van der Waals surface area contributed by atoms with Crippen molar-refractivity contribution in [1.82, 2.24) is 5.32 Å². The van der Waals surface area contributed by atoms with Crippen LogP contribution in [0.3, 0.4) is 0 Å².